The highest BCUT2D eigenvalue weighted by atomic mass is 16.2. The fourth-order valence-electron chi connectivity index (χ4n) is 4.28. The Bertz CT molecular complexity index is 309. The molecule has 0 aromatic carbocycles. The van der Waals surface area contributed by atoms with Crippen molar-refractivity contribution in [3.8, 4) is 0 Å². The molecule has 2 saturated heterocycles. The summed E-state index contributed by atoms with van der Waals surface area (Å²) in [5, 5.41) is 3.48. The predicted octanol–water partition coefficient (Wildman–Crippen LogP) is 2.56. The van der Waals surface area contributed by atoms with Crippen molar-refractivity contribution in [3.63, 3.8) is 0 Å². The molecule has 2 heterocycles. The van der Waals surface area contributed by atoms with Crippen LogP contribution in [-0.2, 0) is 4.79 Å². The molecule has 0 aromatic rings. The Labute approximate surface area is 117 Å². The normalized spacial score (nSPS) is 39.1. The van der Waals surface area contributed by atoms with Crippen LogP contribution in [0.1, 0.15) is 58.3 Å². The van der Waals surface area contributed by atoms with Crippen molar-refractivity contribution in [1.82, 2.24) is 10.2 Å². The topological polar surface area (TPSA) is 32.3 Å². The van der Waals surface area contributed by atoms with E-state index in [1.807, 2.05) is 0 Å². The Hall–Kier alpha value is -0.570. The zero-order valence-electron chi connectivity index (χ0n) is 12.2. The molecule has 1 saturated carbocycles. The quantitative estimate of drug-likeness (QED) is 0.831. The number of fused-ring (bicyclic) bond motifs is 2. The summed E-state index contributed by atoms with van der Waals surface area (Å²) in [7, 11) is 0. The Morgan fingerprint density at radius 2 is 1.79 bits per heavy atom. The van der Waals surface area contributed by atoms with Crippen molar-refractivity contribution in [1.29, 1.82) is 0 Å². The van der Waals surface area contributed by atoms with E-state index in [-0.39, 0.29) is 0 Å². The molecule has 19 heavy (non-hydrogen) atoms. The lowest BCUT2D eigenvalue weighted by Gasteiger charge is -2.31. The molecule has 108 valence electrons. The van der Waals surface area contributed by atoms with Crippen LogP contribution in [-0.4, -0.2) is 36.0 Å². The van der Waals surface area contributed by atoms with Gasteiger partial charge >= 0.3 is 0 Å². The van der Waals surface area contributed by atoms with Crippen LogP contribution in [0, 0.1) is 11.8 Å². The Balaban J connectivity index is 1.57. The third-order valence-corrected chi connectivity index (χ3v) is 5.54. The van der Waals surface area contributed by atoms with E-state index in [1.54, 1.807) is 0 Å². The summed E-state index contributed by atoms with van der Waals surface area (Å²) >= 11 is 0. The lowest BCUT2D eigenvalue weighted by atomic mass is 9.81. The molecule has 2 unspecified atom stereocenters. The van der Waals surface area contributed by atoms with Crippen LogP contribution < -0.4 is 5.32 Å². The van der Waals surface area contributed by atoms with Crippen molar-refractivity contribution in [2.24, 2.45) is 11.8 Å². The van der Waals surface area contributed by atoms with Crippen molar-refractivity contribution < 1.29 is 4.79 Å². The van der Waals surface area contributed by atoms with E-state index in [4.69, 9.17) is 0 Å². The summed E-state index contributed by atoms with van der Waals surface area (Å²) < 4.78 is 0. The molecule has 3 rings (SSSR count). The van der Waals surface area contributed by atoms with E-state index in [0.29, 0.717) is 23.9 Å². The molecular formula is C16H28N2O. The van der Waals surface area contributed by atoms with E-state index < -0.39 is 0 Å². The first kappa shape index (κ1) is 13.4. The van der Waals surface area contributed by atoms with Gasteiger partial charge in [-0.2, -0.15) is 0 Å². The molecule has 3 heteroatoms. The second kappa shape index (κ2) is 5.82. The zero-order chi connectivity index (χ0) is 13.2. The number of hydrogen-bond acceptors (Lipinski definition) is 2. The minimum atomic E-state index is 0.454. The average molecular weight is 264 g/mol. The van der Waals surface area contributed by atoms with Gasteiger partial charge in [0.05, 0.1) is 0 Å². The van der Waals surface area contributed by atoms with Crippen molar-refractivity contribution in [2.45, 2.75) is 70.4 Å². The van der Waals surface area contributed by atoms with E-state index in [0.717, 1.165) is 31.8 Å². The molecule has 3 fully saturated rings. The molecule has 2 aliphatic heterocycles. The number of amides is 1. The van der Waals surface area contributed by atoms with Gasteiger partial charge in [-0.15, -0.1) is 0 Å². The summed E-state index contributed by atoms with van der Waals surface area (Å²) in [4.78, 5) is 14.9. The average Bonchev–Trinajstić information content (AvgIpc) is 2.66. The van der Waals surface area contributed by atoms with Crippen LogP contribution in [0.25, 0.3) is 0 Å². The summed E-state index contributed by atoms with van der Waals surface area (Å²) in [6.45, 7) is 4.45. The second-order valence-corrected chi connectivity index (χ2v) is 7.01. The maximum absolute atomic E-state index is 12.7. The third-order valence-electron chi connectivity index (χ3n) is 5.54. The van der Waals surface area contributed by atoms with Gasteiger partial charge in [0.15, 0.2) is 0 Å². The third kappa shape index (κ3) is 2.96. The lowest BCUT2D eigenvalue weighted by molar-refractivity contribution is -0.135. The SMILES string of the molecule is CC1CCC(CC(=O)N2C3CCNCC2CC3)CC1. The fraction of sp³-hybridized carbons (Fsp3) is 0.938. The summed E-state index contributed by atoms with van der Waals surface area (Å²) in [5.74, 6) is 2.00. The Kier molecular flexibility index (Phi) is 4.11. The lowest BCUT2D eigenvalue weighted by Crippen LogP contribution is -2.43. The number of hydrogen-bond donors (Lipinski definition) is 1. The molecule has 1 amide bonds. The number of nitrogens with one attached hydrogen (secondary N) is 1. The van der Waals surface area contributed by atoms with Crippen LogP contribution in [0.5, 0.6) is 0 Å². The first-order chi connectivity index (χ1) is 9.24. The molecule has 3 nitrogen and oxygen atoms in total. The molecular weight excluding hydrogens is 236 g/mol. The molecule has 0 spiro atoms. The van der Waals surface area contributed by atoms with Crippen LogP contribution >= 0.6 is 0 Å². The van der Waals surface area contributed by atoms with Crippen molar-refractivity contribution >= 4 is 5.91 Å². The number of nitrogens with zero attached hydrogens (tertiary/aromatic N) is 1. The molecule has 2 atom stereocenters. The van der Waals surface area contributed by atoms with E-state index in [2.05, 4.69) is 17.1 Å². The van der Waals surface area contributed by atoms with Gasteiger partial charge in [-0.05, 0) is 50.5 Å². The Morgan fingerprint density at radius 3 is 2.58 bits per heavy atom. The number of carbonyl (C=O) groups excluding carboxylic acids is 1. The van der Waals surface area contributed by atoms with Gasteiger partial charge in [-0.3, -0.25) is 4.79 Å². The van der Waals surface area contributed by atoms with E-state index >= 15 is 0 Å². The van der Waals surface area contributed by atoms with Crippen LogP contribution in [0.15, 0.2) is 0 Å². The first-order valence-electron chi connectivity index (χ1n) is 8.26. The number of rotatable bonds is 2. The highest BCUT2D eigenvalue weighted by Crippen LogP contribution is 2.33. The van der Waals surface area contributed by atoms with Crippen LogP contribution in [0.2, 0.25) is 0 Å². The molecule has 1 N–H and O–H groups in total. The highest BCUT2D eigenvalue weighted by molar-refractivity contribution is 5.77. The van der Waals surface area contributed by atoms with Crippen molar-refractivity contribution in [3.05, 3.63) is 0 Å². The smallest absolute Gasteiger partial charge is 0.223 e. The van der Waals surface area contributed by atoms with Gasteiger partial charge in [0.25, 0.3) is 0 Å². The molecule has 0 radical (unpaired) electrons. The predicted molar refractivity (Wildman–Crippen MR) is 76.9 cm³/mol. The van der Waals surface area contributed by atoms with Gasteiger partial charge in [-0.25, -0.2) is 0 Å². The first-order valence-corrected chi connectivity index (χ1v) is 8.26. The minimum Gasteiger partial charge on any atom is -0.335 e. The van der Waals surface area contributed by atoms with Crippen molar-refractivity contribution in [2.75, 3.05) is 13.1 Å². The van der Waals surface area contributed by atoms with Crippen LogP contribution in [0.3, 0.4) is 0 Å². The fourth-order valence-corrected chi connectivity index (χ4v) is 4.28. The van der Waals surface area contributed by atoms with Crippen LogP contribution in [0.4, 0.5) is 0 Å². The minimum absolute atomic E-state index is 0.454. The maximum atomic E-state index is 12.7. The number of carbonyl (C=O) groups is 1. The Morgan fingerprint density at radius 1 is 1.05 bits per heavy atom. The standard InChI is InChI=1S/C16H28N2O/c1-12-2-4-13(5-3-12)10-16(19)18-14-6-7-15(18)11-17-9-8-14/h12-15,17H,2-11H2,1H3. The van der Waals surface area contributed by atoms with Gasteiger partial charge < -0.3 is 10.2 Å². The summed E-state index contributed by atoms with van der Waals surface area (Å²) in [5.41, 5.74) is 0. The van der Waals surface area contributed by atoms with E-state index in [1.165, 1.54) is 38.5 Å². The molecule has 1 aliphatic carbocycles. The van der Waals surface area contributed by atoms with Gasteiger partial charge in [-0.1, -0.05) is 19.8 Å². The van der Waals surface area contributed by atoms with Gasteiger partial charge in [0.1, 0.15) is 0 Å². The molecule has 2 bridgehead atoms. The molecule has 0 aromatic heterocycles. The zero-order valence-corrected chi connectivity index (χ0v) is 12.2. The monoisotopic (exact) mass is 264 g/mol. The van der Waals surface area contributed by atoms with Gasteiger partial charge in [0, 0.05) is 25.0 Å². The van der Waals surface area contributed by atoms with Gasteiger partial charge in [0.2, 0.25) is 5.91 Å². The summed E-state index contributed by atoms with van der Waals surface area (Å²) in [6, 6.07) is 1.03. The largest absolute Gasteiger partial charge is 0.335 e. The summed E-state index contributed by atoms with van der Waals surface area (Å²) in [6.07, 6.45) is 9.62. The highest BCUT2D eigenvalue weighted by Gasteiger charge is 2.38. The molecule has 3 aliphatic rings. The second-order valence-electron chi connectivity index (χ2n) is 7.01. The maximum Gasteiger partial charge on any atom is 0.223 e. The van der Waals surface area contributed by atoms with E-state index in [9.17, 15) is 4.79 Å².